The van der Waals surface area contributed by atoms with Crippen molar-refractivity contribution in [1.29, 1.82) is 0 Å². The highest BCUT2D eigenvalue weighted by Crippen LogP contribution is 2.19. The molecule has 1 aromatic heterocycles. The number of aromatic amines is 1. The van der Waals surface area contributed by atoms with Crippen LogP contribution in [-0.2, 0) is 11.2 Å². The minimum absolute atomic E-state index is 0.234. The predicted molar refractivity (Wildman–Crippen MR) is 103 cm³/mol. The van der Waals surface area contributed by atoms with Gasteiger partial charge in [-0.05, 0) is 50.5 Å². The first-order chi connectivity index (χ1) is 13.0. The van der Waals surface area contributed by atoms with E-state index in [1.807, 2.05) is 24.3 Å². The highest BCUT2D eigenvalue weighted by molar-refractivity contribution is 6.00. The van der Waals surface area contributed by atoms with Gasteiger partial charge in [-0.2, -0.15) is 0 Å². The van der Waals surface area contributed by atoms with Gasteiger partial charge in [0.2, 0.25) is 0 Å². The number of terminal acetylenes is 1. The lowest BCUT2D eigenvalue weighted by molar-refractivity contribution is 0.0525. The van der Waals surface area contributed by atoms with Crippen LogP contribution < -0.4 is 10.1 Å². The Bertz CT molecular complexity index is 844. The minimum atomic E-state index is -0.421. The predicted octanol–water partition coefficient (Wildman–Crippen LogP) is 2.79. The van der Waals surface area contributed by atoms with E-state index in [9.17, 15) is 9.59 Å². The summed E-state index contributed by atoms with van der Waals surface area (Å²) in [4.78, 5) is 27.4. The van der Waals surface area contributed by atoms with Crippen LogP contribution in [0, 0.1) is 26.2 Å². The van der Waals surface area contributed by atoms with Gasteiger partial charge in [0.05, 0.1) is 12.2 Å². The topological polar surface area (TPSA) is 80.4 Å². The summed E-state index contributed by atoms with van der Waals surface area (Å²) in [6.45, 7) is 6.22. The summed E-state index contributed by atoms with van der Waals surface area (Å²) in [5.41, 5.74) is 3.09. The molecule has 0 bridgehead atoms. The molecule has 142 valence electrons. The van der Waals surface area contributed by atoms with E-state index in [0.717, 1.165) is 5.56 Å². The van der Waals surface area contributed by atoms with Gasteiger partial charge in [-0.3, -0.25) is 4.79 Å². The smallest absolute Gasteiger partial charge is 0.340 e. The molecule has 2 rings (SSSR count). The molecule has 0 saturated carbocycles. The molecular weight excluding hydrogens is 344 g/mol. The highest BCUT2D eigenvalue weighted by atomic mass is 16.5. The van der Waals surface area contributed by atoms with E-state index < -0.39 is 5.97 Å². The number of aryl methyl sites for hydroxylation is 1. The van der Waals surface area contributed by atoms with E-state index in [1.54, 1.807) is 20.8 Å². The normalized spacial score (nSPS) is 10.1. The average Bonchev–Trinajstić information content (AvgIpc) is 2.95. The van der Waals surface area contributed by atoms with Crippen molar-refractivity contribution in [3.63, 3.8) is 0 Å². The maximum Gasteiger partial charge on any atom is 0.340 e. The Balaban J connectivity index is 1.93. The minimum Gasteiger partial charge on any atom is -0.481 e. The number of H-pyrrole nitrogens is 1. The van der Waals surface area contributed by atoms with Crippen LogP contribution in [0.2, 0.25) is 0 Å². The fourth-order valence-corrected chi connectivity index (χ4v) is 2.77. The molecule has 1 heterocycles. The number of esters is 1. The molecule has 6 heteroatoms. The summed E-state index contributed by atoms with van der Waals surface area (Å²) in [6.07, 6.45) is 5.83. The first-order valence-corrected chi connectivity index (χ1v) is 8.77. The third kappa shape index (κ3) is 5.14. The summed E-state index contributed by atoms with van der Waals surface area (Å²) in [6, 6.07) is 7.55. The number of nitrogens with one attached hydrogen (secondary N) is 2. The van der Waals surface area contributed by atoms with E-state index >= 15 is 0 Å². The maximum absolute atomic E-state index is 12.4. The third-order valence-corrected chi connectivity index (χ3v) is 4.09. The largest absolute Gasteiger partial charge is 0.481 e. The van der Waals surface area contributed by atoms with Crippen LogP contribution in [-0.4, -0.2) is 36.6 Å². The molecular formula is C21H24N2O4. The Kier molecular flexibility index (Phi) is 7.07. The van der Waals surface area contributed by atoms with Crippen molar-refractivity contribution >= 4 is 11.9 Å². The molecule has 0 aliphatic rings. The van der Waals surface area contributed by atoms with Crippen LogP contribution in [0.15, 0.2) is 24.3 Å². The van der Waals surface area contributed by atoms with Crippen molar-refractivity contribution < 1.29 is 19.1 Å². The Labute approximate surface area is 159 Å². The zero-order valence-electron chi connectivity index (χ0n) is 15.8. The molecule has 2 N–H and O–H groups in total. The van der Waals surface area contributed by atoms with Crippen LogP contribution in [0.4, 0.5) is 0 Å². The van der Waals surface area contributed by atoms with E-state index in [0.29, 0.717) is 41.2 Å². The van der Waals surface area contributed by atoms with E-state index in [4.69, 9.17) is 15.9 Å². The SMILES string of the molecule is C#CCOc1ccc(CCNC(=O)c2[nH]c(C)c(C(=O)OCC)c2C)cc1. The lowest BCUT2D eigenvalue weighted by Crippen LogP contribution is -2.26. The van der Waals surface area contributed by atoms with Crippen molar-refractivity contribution in [2.75, 3.05) is 19.8 Å². The van der Waals surface area contributed by atoms with E-state index in [1.165, 1.54) is 0 Å². The molecule has 0 aliphatic carbocycles. The Morgan fingerprint density at radius 3 is 2.56 bits per heavy atom. The van der Waals surface area contributed by atoms with Gasteiger partial charge in [0.1, 0.15) is 18.1 Å². The average molecular weight is 368 g/mol. The fourth-order valence-electron chi connectivity index (χ4n) is 2.77. The number of amides is 1. The molecule has 0 radical (unpaired) electrons. The molecule has 0 fully saturated rings. The van der Waals surface area contributed by atoms with Gasteiger partial charge < -0.3 is 19.8 Å². The summed E-state index contributed by atoms with van der Waals surface area (Å²) in [7, 11) is 0. The molecule has 1 amide bonds. The number of benzene rings is 1. The number of rotatable bonds is 8. The molecule has 2 aromatic rings. The molecule has 0 saturated heterocycles. The van der Waals surface area contributed by atoms with Crippen LogP contribution in [0.1, 0.15) is 44.6 Å². The van der Waals surface area contributed by atoms with Gasteiger partial charge in [0.15, 0.2) is 0 Å². The number of carbonyl (C=O) groups is 2. The van der Waals surface area contributed by atoms with Gasteiger partial charge in [-0.25, -0.2) is 4.79 Å². The monoisotopic (exact) mass is 368 g/mol. The van der Waals surface area contributed by atoms with Crippen LogP contribution in [0.25, 0.3) is 0 Å². The molecule has 6 nitrogen and oxygen atoms in total. The van der Waals surface area contributed by atoms with Gasteiger partial charge in [0, 0.05) is 12.2 Å². The van der Waals surface area contributed by atoms with Crippen molar-refractivity contribution in [1.82, 2.24) is 10.3 Å². The zero-order chi connectivity index (χ0) is 19.8. The fraction of sp³-hybridized carbons (Fsp3) is 0.333. The second kappa shape index (κ2) is 9.48. The van der Waals surface area contributed by atoms with Crippen molar-refractivity contribution in [3.8, 4) is 18.1 Å². The van der Waals surface area contributed by atoms with Crippen LogP contribution >= 0.6 is 0 Å². The van der Waals surface area contributed by atoms with Crippen molar-refractivity contribution in [3.05, 3.63) is 52.3 Å². The van der Waals surface area contributed by atoms with Crippen LogP contribution in [0.3, 0.4) is 0 Å². The molecule has 0 unspecified atom stereocenters. The Hall–Kier alpha value is -3.20. The lowest BCUT2D eigenvalue weighted by Gasteiger charge is -2.07. The molecule has 27 heavy (non-hydrogen) atoms. The first kappa shape index (κ1) is 20.1. The number of hydrogen-bond donors (Lipinski definition) is 2. The van der Waals surface area contributed by atoms with Gasteiger partial charge in [-0.1, -0.05) is 18.1 Å². The third-order valence-electron chi connectivity index (χ3n) is 4.09. The molecule has 0 spiro atoms. The quantitative estimate of drug-likeness (QED) is 0.555. The standard InChI is InChI=1S/C21H24N2O4/c1-5-13-27-17-9-7-16(8-10-17)11-12-22-20(24)19-14(3)18(15(4)23-19)21(25)26-6-2/h1,7-10,23H,6,11-13H2,2-4H3,(H,22,24). The number of carbonyl (C=O) groups excluding carboxylic acids is 2. The summed E-state index contributed by atoms with van der Waals surface area (Å²) >= 11 is 0. The number of hydrogen-bond acceptors (Lipinski definition) is 4. The van der Waals surface area contributed by atoms with Crippen LogP contribution in [0.5, 0.6) is 5.75 Å². The van der Waals surface area contributed by atoms with Crippen molar-refractivity contribution in [2.24, 2.45) is 0 Å². The molecule has 0 atom stereocenters. The molecule has 1 aromatic carbocycles. The maximum atomic E-state index is 12.4. The second-order valence-corrected chi connectivity index (χ2v) is 5.99. The first-order valence-electron chi connectivity index (χ1n) is 8.77. The van der Waals surface area contributed by atoms with Gasteiger partial charge >= 0.3 is 5.97 Å². The molecule has 0 aliphatic heterocycles. The number of ether oxygens (including phenoxy) is 2. The summed E-state index contributed by atoms with van der Waals surface area (Å²) in [5.74, 6) is 2.46. The highest BCUT2D eigenvalue weighted by Gasteiger charge is 2.22. The van der Waals surface area contributed by atoms with Crippen molar-refractivity contribution in [2.45, 2.75) is 27.2 Å². The summed E-state index contributed by atoms with van der Waals surface area (Å²) < 4.78 is 10.4. The number of aromatic nitrogens is 1. The van der Waals surface area contributed by atoms with E-state index in [2.05, 4.69) is 16.2 Å². The zero-order valence-corrected chi connectivity index (χ0v) is 15.8. The lowest BCUT2D eigenvalue weighted by atomic mass is 10.1. The Morgan fingerprint density at radius 1 is 1.22 bits per heavy atom. The second-order valence-electron chi connectivity index (χ2n) is 5.99. The van der Waals surface area contributed by atoms with Gasteiger partial charge in [0.25, 0.3) is 5.91 Å². The summed E-state index contributed by atoms with van der Waals surface area (Å²) in [5, 5.41) is 2.87. The Morgan fingerprint density at radius 2 is 1.93 bits per heavy atom. The van der Waals surface area contributed by atoms with Gasteiger partial charge in [-0.15, -0.1) is 6.42 Å². The van der Waals surface area contributed by atoms with E-state index in [-0.39, 0.29) is 19.1 Å².